The van der Waals surface area contributed by atoms with Gasteiger partial charge < -0.3 is 10.6 Å². The Balaban J connectivity index is 1.79. The van der Waals surface area contributed by atoms with Crippen molar-refractivity contribution in [3.63, 3.8) is 0 Å². The second-order valence-corrected chi connectivity index (χ2v) is 7.15. The summed E-state index contributed by atoms with van der Waals surface area (Å²) >= 11 is 0. The zero-order chi connectivity index (χ0) is 21.9. The van der Waals surface area contributed by atoms with Crippen molar-refractivity contribution in [3.05, 3.63) is 69.8 Å². The van der Waals surface area contributed by atoms with Crippen molar-refractivity contribution in [2.75, 3.05) is 11.9 Å². The fraction of sp³-hybridized carbons (Fsp3) is 0.286. The van der Waals surface area contributed by atoms with Crippen LogP contribution in [0.5, 0.6) is 0 Å². The standard InChI is InChI=1S/C21H22N4O5/c1-3-11-21(15-7-5-4-6-8-15)19(27)24(20(28)23-21)13-18(26)22-16-10-9-14(2)17(12-16)25(29)30/h4-10,12H,3,11,13H2,1-2H3,(H,22,26)(H,23,28). The Hall–Kier alpha value is -3.75. The lowest BCUT2D eigenvalue weighted by Gasteiger charge is -2.26. The van der Waals surface area contributed by atoms with Gasteiger partial charge in [0.25, 0.3) is 11.6 Å². The number of nitro groups is 1. The van der Waals surface area contributed by atoms with Crippen molar-refractivity contribution >= 4 is 29.2 Å². The van der Waals surface area contributed by atoms with E-state index in [0.29, 0.717) is 24.0 Å². The van der Waals surface area contributed by atoms with Gasteiger partial charge in [-0.3, -0.25) is 24.6 Å². The summed E-state index contributed by atoms with van der Waals surface area (Å²) in [4.78, 5) is 49.6. The predicted octanol–water partition coefficient (Wildman–Crippen LogP) is 3.09. The fourth-order valence-electron chi connectivity index (χ4n) is 3.60. The van der Waals surface area contributed by atoms with Crippen LogP contribution in [0.25, 0.3) is 0 Å². The predicted molar refractivity (Wildman–Crippen MR) is 110 cm³/mol. The fourth-order valence-corrected chi connectivity index (χ4v) is 3.60. The Labute approximate surface area is 173 Å². The number of hydrogen-bond donors (Lipinski definition) is 2. The van der Waals surface area contributed by atoms with Gasteiger partial charge in [0.1, 0.15) is 12.1 Å². The van der Waals surface area contributed by atoms with Gasteiger partial charge in [-0.1, -0.05) is 49.7 Å². The Morgan fingerprint density at radius 1 is 1.20 bits per heavy atom. The molecule has 0 aromatic heterocycles. The van der Waals surface area contributed by atoms with Crippen molar-refractivity contribution in [1.29, 1.82) is 0 Å². The van der Waals surface area contributed by atoms with Crippen molar-refractivity contribution in [2.45, 2.75) is 32.2 Å². The number of nitrogens with one attached hydrogen (secondary N) is 2. The minimum Gasteiger partial charge on any atom is -0.324 e. The van der Waals surface area contributed by atoms with Crippen molar-refractivity contribution in [2.24, 2.45) is 0 Å². The van der Waals surface area contributed by atoms with Crippen LogP contribution < -0.4 is 10.6 Å². The minimum absolute atomic E-state index is 0.131. The van der Waals surface area contributed by atoms with Crippen LogP contribution in [0.15, 0.2) is 48.5 Å². The quantitative estimate of drug-likeness (QED) is 0.413. The number of aryl methyl sites for hydroxylation is 1. The molecule has 1 atom stereocenters. The van der Waals surface area contributed by atoms with E-state index in [0.717, 1.165) is 4.90 Å². The van der Waals surface area contributed by atoms with Crippen LogP contribution in [0.2, 0.25) is 0 Å². The topological polar surface area (TPSA) is 122 Å². The molecule has 156 valence electrons. The first kappa shape index (κ1) is 21.0. The van der Waals surface area contributed by atoms with E-state index in [4.69, 9.17) is 0 Å². The van der Waals surface area contributed by atoms with E-state index in [1.165, 1.54) is 18.2 Å². The van der Waals surface area contributed by atoms with E-state index >= 15 is 0 Å². The summed E-state index contributed by atoms with van der Waals surface area (Å²) in [6, 6.07) is 12.5. The molecule has 2 N–H and O–H groups in total. The smallest absolute Gasteiger partial charge is 0.324 e. The first-order chi connectivity index (χ1) is 14.3. The molecule has 3 rings (SSSR count). The average Bonchev–Trinajstić information content (AvgIpc) is 2.95. The molecule has 2 aromatic rings. The number of nitro benzene ring substituents is 1. The molecule has 2 aromatic carbocycles. The number of hydrogen-bond acceptors (Lipinski definition) is 5. The highest BCUT2D eigenvalue weighted by molar-refractivity contribution is 6.10. The highest BCUT2D eigenvalue weighted by Gasteiger charge is 2.52. The summed E-state index contributed by atoms with van der Waals surface area (Å²) in [7, 11) is 0. The lowest BCUT2D eigenvalue weighted by molar-refractivity contribution is -0.385. The lowest BCUT2D eigenvalue weighted by atomic mass is 9.85. The van der Waals surface area contributed by atoms with Crippen molar-refractivity contribution in [3.8, 4) is 0 Å². The highest BCUT2D eigenvalue weighted by Crippen LogP contribution is 2.33. The van der Waals surface area contributed by atoms with Crippen LogP contribution in [0.3, 0.4) is 0 Å². The van der Waals surface area contributed by atoms with Gasteiger partial charge in [0, 0.05) is 17.3 Å². The van der Waals surface area contributed by atoms with Crippen molar-refractivity contribution in [1.82, 2.24) is 10.2 Å². The first-order valence-corrected chi connectivity index (χ1v) is 9.53. The van der Waals surface area contributed by atoms with Crippen LogP contribution in [0.1, 0.15) is 30.9 Å². The molecule has 1 unspecified atom stereocenters. The van der Waals surface area contributed by atoms with Gasteiger partial charge in [-0.25, -0.2) is 4.79 Å². The monoisotopic (exact) mass is 410 g/mol. The summed E-state index contributed by atoms with van der Waals surface area (Å²) < 4.78 is 0. The van der Waals surface area contributed by atoms with Crippen LogP contribution in [0.4, 0.5) is 16.2 Å². The van der Waals surface area contributed by atoms with E-state index in [2.05, 4.69) is 10.6 Å². The molecule has 4 amide bonds. The molecule has 9 nitrogen and oxygen atoms in total. The van der Waals surface area contributed by atoms with Gasteiger partial charge in [0.05, 0.1) is 4.92 Å². The molecule has 0 bridgehead atoms. The summed E-state index contributed by atoms with van der Waals surface area (Å²) in [5.41, 5.74) is -0.0154. The number of imide groups is 1. The zero-order valence-corrected chi connectivity index (χ0v) is 16.7. The van der Waals surface area contributed by atoms with E-state index < -0.39 is 34.9 Å². The molecule has 0 saturated carbocycles. The average molecular weight is 410 g/mol. The minimum atomic E-state index is -1.21. The summed E-state index contributed by atoms with van der Waals surface area (Å²) in [5.74, 6) is -1.12. The number of nitrogens with zero attached hydrogens (tertiary/aromatic N) is 2. The Morgan fingerprint density at radius 3 is 2.53 bits per heavy atom. The number of carbonyl (C=O) groups excluding carboxylic acids is 3. The molecular formula is C21H22N4O5. The molecule has 0 aliphatic carbocycles. The first-order valence-electron chi connectivity index (χ1n) is 9.53. The number of carbonyl (C=O) groups is 3. The van der Waals surface area contributed by atoms with Gasteiger partial charge in [0.15, 0.2) is 0 Å². The maximum absolute atomic E-state index is 13.2. The SMILES string of the molecule is CCCC1(c2ccccc2)NC(=O)N(CC(=O)Nc2ccc(C)c([N+](=O)[O-])c2)C1=O. The van der Waals surface area contributed by atoms with Crippen LogP contribution in [-0.4, -0.2) is 34.2 Å². The Morgan fingerprint density at radius 2 is 1.90 bits per heavy atom. The highest BCUT2D eigenvalue weighted by atomic mass is 16.6. The summed E-state index contributed by atoms with van der Waals surface area (Å²) in [6.07, 6.45) is 1.04. The summed E-state index contributed by atoms with van der Waals surface area (Å²) in [5, 5.41) is 16.3. The zero-order valence-electron chi connectivity index (χ0n) is 16.7. The molecule has 1 aliphatic heterocycles. The van der Waals surface area contributed by atoms with Gasteiger partial charge in [-0.05, 0) is 25.0 Å². The molecule has 30 heavy (non-hydrogen) atoms. The van der Waals surface area contributed by atoms with Crippen LogP contribution in [-0.2, 0) is 15.1 Å². The van der Waals surface area contributed by atoms with Gasteiger partial charge >= 0.3 is 6.03 Å². The molecule has 1 heterocycles. The van der Waals surface area contributed by atoms with Gasteiger partial charge in [0.2, 0.25) is 5.91 Å². The second kappa shape index (κ2) is 8.32. The number of anilines is 1. The Kier molecular flexibility index (Phi) is 5.81. The third-order valence-electron chi connectivity index (χ3n) is 5.06. The molecule has 0 radical (unpaired) electrons. The van der Waals surface area contributed by atoms with Crippen LogP contribution in [0, 0.1) is 17.0 Å². The summed E-state index contributed by atoms with van der Waals surface area (Å²) in [6.45, 7) is 3.00. The van der Waals surface area contributed by atoms with Gasteiger partial charge in [-0.2, -0.15) is 0 Å². The van der Waals surface area contributed by atoms with Crippen LogP contribution >= 0.6 is 0 Å². The lowest BCUT2D eigenvalue weighted by Crippen LogP contribution is -2.44. The third kappa shape index (κ3) is 3.86. The van der Waals surface area contributed by atoms with Crippen molar-refractivity contribution < 1.29 is 19.3 Å². The molecule has 1 fully saturated rings. The van der Waals surface area contributed by atoms with E-state index in [-0.39, 0.29) is 11.4 Å². The number of urea groups is 1. The largest absolute Gasteiger partial charge is 0.325 e. The van der Waals surface area contributed by atoms with E-state index in [1.54, 1.807) is 31.2 Å². The Bertz CT molecular complexity index is 1010. The molecule has 9 heteroatoms. The second-order valence-electron chi connectivity index (χ2n) is 7.15. The normalized spacial score (nSPS) is 18.3. The molecule has 0 spiro atoms. The maximum Gasteiger partial charge on any atom is 0.325 e. The molecule has 1 aliphatic rings. The molecular weight excluding hydrogens is 388 g/mol. The third-order valence-corrected chi connectivity index (χ3v) is 5.06. The number of amides is 4. The van der Waals surface area contributed by atoms with E-state index in [9.17, 15) is 24.5 Å². The number of benzene rings is 2. The maximum atomic E-state index is 13.2. The van der Waals surface area contributed by atoms with Gasteiger partial charge in [-0.15, -0.1) is 0 Å². The molecule has 1 saturated heterocycles. The number of rotatable bonds is 7. The van der Waals surface area contributed by atoms with E-state index in [1.807, 2.05) is 13.0 Å².